The Bertz CT molecular complexity index is 2620. The van der Waals surface area contributed by atoms with Crippen molar-refractivity contribution in [3.63, 3.8) is 0 Å². The van der Waals surface area contributed by atoms with Gasteiger partial charge in [-0.2, -0.15) is 0 Å². The lowest BCUT2D eigenvalue weighted by molar-refractivity contribution is 0.474. The van der Waals surface area contributed by atoms with Gasteiger partial charge in [0.15, 0.2) is 11.5 Å². The molecule has 0 amide bonds. The number of nitrogens with zero attached hydrogens (tertiary/aromatic N) is 2. The van der Waals surface area contributed by atoms with Crippen molar-refractivity contribution in [2.45, 2.75) is 5.41 Å². The van der Waals surface area contributed by atoms with Gasteiger partial charge in [-0.15, -0.1) is 0 Å². The molecule has 1 aliphatic carbocycles. The standard InChI is InChI=1S/C49H32N2O/c1-3-14-33(15-4-1)34-26-28-36(29-27-34)50(35-16-5-2-6-17-35)37-30-31-45-47(32-37)52-46-25-13-23-43-48(46)51(45)44-24-12-11-22-42(44)49(43)40-20-9-7-18-38(40)39-19-8-10-21-41(39)49/h1-32H. The number of rotatable bonds is 4. The molecule has 0 radical (unpaired) electrons. The van der Waals surface area contributed by atoms with E-state index in [-0.39, 0.29) is 0 Å². The van der Waals surface area contributed by atoms with Crippen molar-refractivity contribution < 1.29 is 4.74 Å². The van der Waals surface area contributed by atoms with Gasteiger partial charge in [-0.05, 0) is 93.0 Å². The summed E-state index contributed by atoms with van der Waals surface area (Å²) in [6.07, 6.45) is 0. The Hall–Kier alpha value is -6.84. The third-order valence-electron chi connectivity index (χ3n) is 11.0. The van der Waals surface area contributed by atoms with E-state index in [9.17, 15) is 0 Å². The zero-order valence-corrected chi connectivity index (χ0v) is 28.3. The molecule has 1 spiro atoms. The van der Waals surface area contributed by atoms with E-state index in [1.54, 1.807) is 0 Å². The molecule has 0 atom stereocenters. The third-order valence-corrected chi connectivity index (χ3v) is 11.0. The van der Waals surface area contributed by atoms with Crippen LogP contribution in [0.1, 0.15) is 22.3 Å². The van der Waals surface area contributed by atoms with Crippen molar-refractivity contribution >= 4 is 34.1 Å². The Balaban J connectivity index is 1.09. The molecular formula is C49H32N2O. The quantitative estimate of drug-likeness (QED) is 0.186. The number of hydrogen-bond acceptors (Lipinski definition) is 3. The van der Waals surface area contributed by atoms with Gasteiger partial charge in [0.05, 0.1) is 22.5 Å². The average molecular weight is 665 g/mol. The van der Waals surface area contributed by atoms with E-state index in [0.717, 1.165) is 39.9 Å². The van der Waals surface area contributed by atoms with Crippen LogP contribution in [0, 0.1) is 0 Å². The molecular weight excluding hydrogens is 633 g/mol. The van der Waals surface area contributed by atoms with Crippen molar-refractivity contribution in [3.8, 4) is 33.8 Å². The highest BCUT2D eigenvalue weighted by atomic mass is 16.5. The zero-order valence-electron chi connectivity index (χ0n) is 28.3. The van der Waals surface area contributed by atoms with Crippen LogP contribution in [0.25, 0.3) is 22.3 Å². The summed E-state index contributed by atoms with van der Waals surface area (Å²) in [6.45, 7) is 0. The largest absolute Gasteiger partial charge is 0.453 e. The number of anilines is 6. The predicted octanol–water partition coefficient (Wildman–Crippen LogP) is 13.1. The lowest BCUT2D eigenvalue weighted by Crippen LogP contribution is -2.37. The van der Waals surface area contributed by atoms with Crippen molar-refractivity contribution in [2.24, 2.45) is 0 Å². The molecule has 244 valence electrons. The Kier molecular flexibility index (Phi) is 6.17. The maximum atomic E-state index is 6.99. The first-order valence-electron chi connectivity index (χ1n) is 17.9. The first-order valence-corrected chi connectivity index (χ1v) is 17.9. The number of para-hydroxylation sites is 3. The van der Waals surface area contributed by atoms with Crippen LogP contribution in [0.2, 0.25) is 0 Å². The van der Waals surface area contributed by atoms with Gasteiger partial charge in [0.1, 0.15) is 0 Å². The van der Waals surface area contributed by atoms with E-state index in [4.69, 9.17) is 4.74 Å². The highest BCUT2D eigenvalue weighted by molar-refractivity contribution is 5.99. The van der Waals surface area contributed by atoms with Crippen molar-refractivity contribution in [3.05, 3.63) is 216 Å². The summed E-state index contributed by atoms with van der Waals surface area (Å²) < 4.78 is 6.99. The van der Waals surface area contributed by atoms with E-state index in [1.807, 2.05) is 0 Å². The van der Waals surface area contributed by atoms with Crippen molar-refractivity contribution in [1.82, 2.24) is 0 Å². The number of ether oxygens (including phenoxy) is 1. The molecule has 2 heterocycles. The summed E-state index contributed by atoms with van der Waals surface area (Å²) in [5.41, 5.74) is 16.1. The summed E-state index contributed by atoms with van der Waals surface area (Å²) in [4.78, 5) is 4.73. The smallest absolute Gasteiger partial charge is 0.153 e. The summed E-state index contributed by atoms with van der Waals surface area (Å²) >= 11 is 0. The van der Waals surface area contributed by atoms with Crippen LogP contribution >= 0.6 is 0 Å². The van der Waals surface area contributed by atoms with Gasteiger partial charge in [-0.25, -0.2) is 0 Å². The van der Waals surface area contributed by atoms with Gasteiger partial charge in [0.25, 0.3) is 0 Å². The van der Waals surface area contributed by atoms with Crippen LogP contribution in [-0.2, 0) is 5.41 Å². The maximum Gasteiger partial charge on any atom is 0.153 e. The normalized spacial score (nSPS) is 13.7. The molecule has 3 aliphatic rings. The van der Waals surface area contributed by atoms with Gasteiger partial charge >= 0.3 is 0 Å². The van der Waals surface area contributed by atoms with E-state index >= 15 is 0 Å². The van der Waals surface area contributed by atoms with E-state index in [2.05, 4.69) is 204 Å². The molecule has 8 aromatic carbocycles. The molecule has 0 bridgehead atoms. The van der Waals surface area contributed by atoms with Gasteiger partial charge in [-0.3, -0.25) is 0 Å². The Morgan fingerprint density at radius 3 is 1.67 bits per heavy atom. The Labute approximate surface area is 303 Å². The fourth-order valence-corrected chi connectivity index (χ4v) is 8.94. The summed E-state index contributed by atoms with van der Waals surface area (Å²) in [5, 5.41) is 0. The SMILES string of the molecule is c1ccc(-c2ccc(N(c3ccccc3)c3ccc4c(c3)Oc3cccc5c3N4c3ccccc3C53c4ccccc4-c4ccccc43)cc2)cc1. The lowest BCUT2D eigenvalue weighted by Gasteiger charge is -2.47. The number of fused-ring (bicyclic) bond motifs is 11. The van der Waals surface area contributed by atoms with Crippen molar-refractivity contribution in [2.75, 3.05) is 9.80 Å². The second-order valence-electron chi connectivity index (χ2n) is 13.7. The third kappa shape index (κ3) is 3.96. The van der Waals surface area contributed by atoms with Crippen LogP contribution in [0.4, 0.5) is 34.1 Å². The van der Waals surface area contributed by atoms with Gasteiger partial charge in [0.2, 0.25) is 0 Å². The molecule has 0 unspecified atom stereocenters. The Morgan fingerprint density at radius 1 is 0.385 bits per heavy atom. The summed E-state index contributed by atoms with van der Waals surface area (Å²) in [6, 6.07) is 69.9. The fourth-order valence-electron chi connectivity index (χ4n) is 8.94. The van der Waals surface area contributed by atoms with Gasteiger partial charge in [-0.1, -0.05) is 140 Å². The second kappa shape index (κ2) is 11.1. The highest BCUT2D eigenvalue weighted by Gasteiger charge is 2.53. The van der Waals surface area contributed by atoms with Gasteiger partial charge < -0.3 is 14.5 Å². The second-order valence-corrected chi connectivity index (χ2v) is 13.7. The first-order chi connectivity index (χ1) is 25.8. The summed E-state index contributed by atoms with van der Waals surface area (Å²) in [5.74, 6) is 1.68. The summed E-state index contributed by atoms with van der Waals surface area (Å²) in [7, 11) is 0. The highest BCUT2D eigenvalue weighted by Crippen LogP contribution is 2.67. The minimum atomic E-state index is -0.470. The molecule has 2 aliphatic heterocycles. The monoisotopic (exact) mass is 664 g/mol. The molecule has 11 rings (SSSR count). The van der Waals surface area contributed by atoms with Gasteiger partial charge in [0, 0.05) is 23.1 Å². The van der Waals surface area contributed by atoms with E-state index in [1.165, 1.54) is 50.2 Å². The van der Waals surface area contributed by atoms with Crippen molar-refractivity contribution in [1.29, 1.82) is 0 Å². The van der Waals surface area contributed by atoms with Crippen LogP contribution in [-0.4, -0.2) is 0 Å². The Morgan fingerprint density at radius 2 is 0.942 bits per heavy atom. The van der Waals surface area contributed by atoms with Crippen LogP contribution < -0.4 is 14.5 Å². The topological polar surface area (TPSA) is 15.7 Å². The molecule has 0 N–H and O–H groups in total. The molecule has 3 nitrogen and oxygen atoms in total. The van der Waals surface area contributed by atoms with E-state index in [0.29, 0.717) is 0 Å². The molecule has 52 heavy (non-hydrogen) atoms. The number of hydrogen-bond donors (Lipinski definition) is 0. The fraction of sp³-hybridized carbons (Fsp3) is 0.0204. The molecule has 3 heteroatoms. The average Bonchev–Trinajstić information content (AvgIpc) is 3.51. The van der Waals surface area contributed by atoms with E-state index < -0.39 is 5.41 Å². The minimum Gasteiger partial charge on any atom is -0.453 e. The molecule has 0 fully saturated rings. The van der Waals surface area contributed by atoms with Crippen LogP contribution in [0.3, 0.4) is 0 Å². The maximum absolute atomic E-state index is 6.99. The predicted molar refractivity (Wildman–Crippen MR) is 212 cm³/mol. The molecule has 8 aromatic rings. The number of benzene rings is 8. The minimum absolute atomic E-state index is 0.470. The molecule has 0 saturated carbocycles. The zero-order chi connectivity index (χ0) is 34.2. The lowest BCUT2D eigenvalue weighted by atomic mass is 9.64. The molecule has 0 aromatic heterocycles. The first kappa shape index (κ1) is 28.9. The van der Waals surface area contributed by atoms with Crippen LogP contribution in [0.5, 0.6) is 11.5 Å². The van der Waals surface area contributed by atoms with Crippen LogP contribution in [0.15, 0.2) is 194 Å². The molecule has 0 saturated heterocycles.